The molecule has 0 aliphatic rings. The third kappa shape index (κ3) is 3.03. The molecule has 0 amide bonds. The van der Waals surface area contributed by atoms with Gasteiger partial charge in [-0.3, -0.25) is 4.72 Å². The van der Waals surface area contributed by atoms with Crippen LogP contribution in [0, 0.1) is 0 Å². The van der Waals surface area contributed by atoms with Gasteiger partial charge in [-0.25, -0.2) is 13.4 Å². The number of benzene rings is 1. The van der Waals surface area contributed by atoms with Crippen molar-refractivity contribution >= 4 is 26.5 Å². The monoisotopic (exact) mass is 300 g/mol. The second kappa shape index (κ2) is 5.55. The largest absolute Gasteiger partial charge is 0.495 e. The molecule has 0 bridgehead atoms. The SMILES string of the molecule is COc1ccc(CO)cc1S(=O)(=O)Nc1nccs1. The molecular formula is C11H12N2O4S2. The van der Waals surface area contributed by atoms with Crippen molar-refractivity contribution in [3.05, 3.63) is 35.3 Å². The molecule has 0 spiro atoms. The Bertz CT molecular complexity index is 653. The normalized spacial score (nSPS) is 11.3. The zero-order chi connectivity index (χ0) is 13.9. The summed E-state index contributed by atoms with van der Waals surface area (Å²) in [6, 6.07) is 4.47. The van der Waals surface area contributed by atoms with E-state index in [9.17, 15) is 8.42 Å². The molecule has 2 N–H and O–H groups in total. The van der Waals surface area contributed by atoms with E-state index in [1.54, 1.807) is 11.4 Å². The summed E-state index contributed by atoms with van der Waals surface area (Å²) in [5.41, 5.74) is 0.486. The van der Waals surface area contributed by atoms with Gasteiger partial charge in [-0.2, -0.15) is 0 Å². The molecule has 102 valence electrons. The van der Waals surface area contributed by atoms with Gasteiger partial charge >= 0.3 is 0 Å². The van der Waals surface area contributed by atoms with Crippen molar-refractivity contribution in [2.24, 2.45) is 0 Å². The smallest absolute Gasteiger partial charge is 0.267 e. The van der Waals surface area contributed by atoms with Crippen LogP contribution in [0.3, 0.4) is 0 Å². The van der Waals surface area contributed by atoms with Crippen molar-refractivity contribution in [1.82, 2.24) is 4.98 Å². The summed E-state index contributed by atoms with van der Waals surface area (Å²) < 4.78 is 31.9. The lowest BCUT2D eigenvalue weighted by atomic mass is 10.2. The van der Waals surface area contributed by atoms with E-state index in [1.807, 2.05) is 0 Å². The Morgan fingerprint density at radius 3 is 2.84 bits per heavy atom. The highest BCUT2D eigenvalue weighted by atomic mass is 32.2. The van der Waals surface area contributed by atoms with Gasteiger partial charge in [-0.05, 0) is 17.7 Å². The first-order chi connectivity index (χ1) is 9.06. The molecule has 19 heavy (non-hydrogen) atoms. The molecule has 0 aliphatic carbocycles. The second-order valence-corrected chi connectivity index (χ2v) is 6.13. The maximum Gasteiger partial charge on any atom is 0.267 e. The van der Waals surface area contributed by atoms with Crippen molar-refractivity contribution in [2.75, 3.05) is 11.8 Å². The number of nitrogens with one attached hydrogen (secondary N) is 1. The standard InChI is InChI=1S/C11H12N2O4S2/c1-17-9-3-2-8(7-14)6-10(9)19(15,16)13-11-12-4-5-18-11/h2-6,14H,7H2,1H3,(H,12,13). The minimum absolute atomic E-state index is 0.0308. The van der Waals surface area contributed by atoms with Gasteiger partial charge in [0.2, 0.25) is 0 Å². The van der Waals surface area contributed by atoms with Crippen LogP contribution in [0.15, 0.2) is 34.7 Å². The van der Waals surface area contributed by atoms with Crippen LogP contribution < -0.4 is 9.46 Å². The number of thiazole rings is 1. The predicted octanol–water partition coefficient (Wildman–Crippen LogP) is 1.44. The number of rotatable bonds is 5. The molecule has 2 rings (SSSR count). The first-order valence-corrected chi connectivity index (χ1v) is 7.63. The summed E-state index contributed by atoms with van der Waals surface area (Å²) in [7, 11) is -2.41. The Labute approximate surface area is 114 Å². The third-order valence-corrected chi connectivity index (χ3v) is 4.53. The maximum absolute atomic E-state index is 12.2. The number of sulfonamides is 1. The van der Waals surface area contributed by atoms with Crippen LogP contribution in [0.1, 0.15) is 5.56 Å². The van der Waals surface area contributed by atoms with E-state index in [1.165, 1.54) is 36.8 Å². The van der Waals surface area contributed by atoms with E-state index in [2.05, 4.69) is 9.71 Å². The predicted molar refractivity (Wildman–Crippen MR) is 71.8 cm³/mol. The summed E-state index contributed by atoms with van der Waals surface area (Å²) >= 11 is 1.18. The number of anilines is 1. The fraction of sp³-hybridized carbons (Fsp3) is 0.182. The van der Waals surface area contributed by atoms with Gasteiger partial charge in [0, 0.05) is 11.6 Å². The average molecular weight is 300 g/mol. The molecule has 6 nitrogen and oxygen atoms in total. The molecule has 0 saturated heterocycles. The quantitative estimate of drug-likeness (QED) is 0.872. The average Bonchev–Trinajstić information content (AvgIpc) is 2.90. The van der Waals surface area contributed by atoms with Gasteiger partial charge in [-0.15, -0.1) is 11.3 Å². The lowest BCUT2D eigenvalue weighted by Gasteiger charge is -2.11. The topological polar surface area (TPSA) is 88.5 Å². The highest BCUT2D eigenvalue weighted by molar-refractivity contribution is 7.93. The van der Waals surface area contributed by atoms with Gasteiger partial charge in [-0.1, -0.05) is 6.07 Å². The van der Waals surface area contributed by atoms with Crippen LogP contribution in [0.2, 0.25) is 0 Å². The Morgan fingerprint density at radius 2 is 2.26 bits per heavy atom. The van der Waals surface area contributed by atoms with E-state index < -0.39 is 10.0 Å². The molecule has 0 saturated carbocycles. The summed E-state index contributed by atoms with van der Waals surface area (Å²) in [6.07, 6.45) is 1.50. The Morgan fingerprint density at radius 1 is 1.47 bits per heavy atom. The fourth-order valence-electron chi connectivity index (χ4n) is 1.47. The van der Waals surface area contributed by atoms with Crippen LogP contribution in [-0.2, 0) is 16.6 Å². The fourth-order valence-corrected chi connectivity index (χ4v) is 3.48. The number of hydrogen-bond acceptors (Lipinski definition) is 6. The zero-order valence-corrected chi connectivity index (χ0v) is 11.7. The van der Waals surface area contributed by atoms with Crippen LogP contribution in [0.5, 0.6) is 5.75 Å². The number of nitrogens with zero attached hydrogens (tertiary/aromatic N) is 1. The zero-order valence-electron chi connectivity index (χ0n) is 10.0. The number of aromatic nitrogens is 1. The lowest BCUT2D eigenvalue weighted by Crippen LogP contribution is -2.14. The first-order valence-electron chi connectivity index (χ1n) is 5.27. The molecule has 0 unspecified atom stereocenters. The Kier molecular flexibility index (Phi) is 4.03. The molecule has 1 aromatic heterocycles. The molecule has 0 aliphatic heterocycles. The molecule has 8 heteroatoms. The van der Waals surface area contributed by atoms with Gasteiger partial charge in [0.25, 0.3) is 10.0 Å². The third-order valence-electron chi connectivity index (χ3n) is 2.35. The minimum atomic E-state index is -3.80. The van der Waals surface area contributed by atoms with Gasteiger partial charge in [0.15, 0.2) is 5.13 Å². The van der Waals surface area contributed by atoms with Crippen LogP contribution >= 0.6 is 11.3 Å². The number of methoxy groups -OCH3 is 1. The summed E-state index contributed by atoms with van der Waals surface area (Å²) in [4.78, 5) is 3.83. The van der Waals surface area contributed by atoms with Gasteiger partial charge in [0.05, 0.1) is 13.7 Å². The summed E-state index contributed by atoms with van der Waals surface area (Å²) in [5.74, 6) is 0.209. The van der Waals surface area contributed by atoms with Crippen molar-refractivity contribution < 1.29 is 18.3 Å². The van der Waals surface area contributed by atoms with E-state index >= 15 is 0 Å². The molecule has 1 aromatic carbocycles. The molecule has 0 radical (unpaired) electrons. The number of ether oxygens (including phenoxy) is 1. The molecule has 1 heterocycles. The Balaban J connectivity index is 2.43. The van der Waals surface area contributed by atoms with E-state index in [-0.39, 0.29) is 22.4 Å². The van der Waals surface area contributed by atoms with E-state index in [0.29, 0.717) is 5.56 Å². The molecule has 0 atom stereocenters. The molecule has 2 aromatic rings. The number of hydrogen-bond donors (Lipinski definition) is 2. The number of aliphatic hydroxyl groups excluding tert-OH is 1. The van der Waals surface area contributed by atoms with Crippen molar-refractivity contribution in [2.45, 2.75) is 11.5 Å². The van der Waals surface area contributed by atoms with Crippen LogP contribution in [0.4, 0.5) is 5.13 Å². The lowest BCUT2D eigenvalue weighted by molar-refractivity contribution is 0.281. The summed E-state index contributed by atoms with van der Waals surface area (Å²) in [6.45, 7) is -0.246. The summed E-state index contributed by atoms with van der Waals surface area (Å²) in [5, 5.41) is 11.0. The van der Waals surface area contributed by atoms with Crippen molar-refractivity contribution in [1.29, 1.82) is 0 Å². The van der Waals surface area contributed by atoms with Gasteiger partial charge < -0.3 is 9.84 Å². The first kappa shape index (κ1) is 13.8. The van der Waals surface area contributed by atoms with Crippen molar-refractivity contribution in [3.8, 4) is 5.75 Å². The van der Waals surface area contributed by atoms with Crippen molar-refractivity contribution in [3.63, 3.8) is 0 Å². The highest BCUT2D eigenvalue weighted by Gasteiger charge is 2.21. The number of aliphatic hydroxyl groups is 1. The molecule has 0 fully saturated rings. The van der Waals surface area contributed by atoms with E-state index in [4.69, 9.17) is 9.84 Å². The minimum Gasteiger partial charge on any atom is -0.495 e. The maximum atomic E-state index is 12.2. The molecular weight excluding hydrogens is 288 g/mol. The second-order valence-electron chi connectivity index (χ2n) is 3.59. The van der Waals surface area contributed by atoms with E-state index in [0.717, 1.165) is 0 Å². The Hall–Kier alpha value is -1.64. The van der Waals surface area contributed by atoms with Crippen LogP contribution in [-0.4, -0.2) is 25.6 Å². The highest BCUT2D eigenvalue weighted by Crippen LogP contribution is 2.27. The van der Waals surface area contributed by atoms with Crippen LogP contribution in [0.25, 0.3) is 0 Å². The van der Waals surface area contributed by atoms with Gasteiger partial charge in [0.1, 0.15) is 10.6 Å².